The van der Waals surface area contributed by atoms with Crippen molar-refractivity contribution in [2.75, 3.05) is 0 Å². The van der Waals surface area contributed by atoms with Gasteiger partial charge in [-0.1, -0.05) is 12.1 Å². The van der Waals surface area contributed by atoms with Crippen LogP contribution in [0.15, 0.2) is 41.3 Å². The zero-order valence-electron chi connectivity index (χ0n) is 16.3. The molecule has 1 aromatic heterocycles. The summed E-state index contributed by atoms with van der Waals surface area (Å²) >= 11 is 0. The summed E-state index contributed by atoms with van der Waals surface area (Å²) in [5, 5.41) is 12.9. The van der Waals surface area contributed by atoms with E-state index in [2.05, 4.69) is 19.2 Å². The van der Waals surface area contributed by atoms with Gasteiger partial charge in [-0.3, -0.25) is 4.79 Å². The van der Waals surface area contributed by atoms with Gasteiger partial charge in [-0.2, -0.15) is 0 Å². The molecule has 5 rings (SSSR count). The third kappa shape index (κ3) is 2.78. The number of carbonyl (C=O) groups is 1. The molecule has 0 atom stereocenters. The van der Waals surface area contributed by atoms with Crippen LogP contribution in [0.5, 0.6) is 0 Å². The van der Waals surface area contributed by atoms with Crippen LogP contribution in [-0.2, 0) is 12.1 Å². The molecule has 0 saturated heterocycles. The highest BCUT2D eigenvalue weighted by Crippen LogP contribution is 2.39. The Hall–Kier alpha value is -2.99. The van der Waals surface area contributed by atoms with E-state index in [1.807, 2.05) is 22.8 Å². The number of nitrogens with zero attached hydrogens (tertiary/aromatic N) is 1. The molecule has 29 heavy (non-hydrogen) atoms. The average Bonchev–Trinajstić information content (AvgIpc) is 3.47. The second-order valence-electron chi connectivity index (χ2n) is 8.52. The van der Waals surface area contributed by atoms with Gasteiger partial charge in [-0.05, 0) is 61.6 Å². The van der Waals surface area contributed by atoms with Crippen LogP contribution in [0.1, 0.15) is 54.2 Å². The number of rotatable bonds is 3. The fourth-order valence-electron chi connectivity index (χ4n) is 4.33. The van der Waals surface area contributed by atoms with Crippen molar-refractivity contribution < 1.29 is 14.3 Å². The second-order valence-corrected chi connectivity index (χ2v) is 8.52. The molecule has 0 spiro atoms. The summed E-state index contributed by atoms with van der Waals surface area (Å²) in [7, 11) is 0. The number of hydrogen-bond donors (Lipinski definition) is 2. The van der Waals surface area contributed by atoms with Crippen LogP contribution < -0.4 is 10.7 Å². The predicted octanol–water partition coefficient (Wildman–Crippen LogP) is 4.18. The number of benzene rings is 2. The first-order valence-corrected chi connectivity index (χ1v) is 9.77. The summed E-state index contributed by atoms with van der Waals surface area (Å²) in [6.07, 6.45) is 3.24. The fourth-order valence-corrected chi connectivity index (χ4v) is 4.33. The number of fused-ring (bicyclic) bond motifs is 2. The molecule has 0 amide bonds. The molecule has 2 heterocycles. The van der Waals surface area contributed by atoms with Crippen LogP contribution in [-0.4, -0.2) is 15.6 Å². The Morgan fingerprint density at radius 3 is 2.69 bits per heavy atom. The normalized spacial score (nSPS) is 17.5. The average molecular weight is 392 g/mol. The highest BCUT2D eigenvalue weighted by molar-refractivity contribution is 5.94. The molecular weight excluding hydrogens is 371 g/mol. The van der Waals surface area contributed by atoms with E-state index in [4.69, 9.17) is 0 Å². The van der Waals surface area contributed by atoms with Crippen molar-refractivity contribution in [3.63, 3.8) is 0 Å². The second kappa shape index (κ2) is 6.00. The Labute approximate surface area is 166 Å². The van der Waals surface area contributed by atoms with Crippen molar-refractivity contribution >= 4 is 16.9 Å². The van der Waals surface area contributed by atoms with Gasteiger partial charge in [0, 0.05) is 35.3 Å². The fraction of sp³-hybridized carbons (Fsp3) is 0.304. The minimum Gasteiger partial charge on any atom is -0.477 e. The molecule has 0 unspecified atom stereocenters. The lowest BCUT2D eigenvalue weighted by molar-refractivity contribution is 0.0695. The maximum Gasteiger partial charge on any atom is 0.341 e. The quantitative estimate of drug-likeness (QED) is 0.702. The summed E-state index contributed by atoms with van der Waals surface area (Å²) in [6.45, 7) is 4.95. The molecular formula is C23H21FN2O3. The Bertz CT molecular complexity index is 1260. The maximum absolute atomic E-state index is 15.1. The van der Waals surface area contributed by atoms with E-state index in [0.29, 0.717) is 11.1 Å². The third-order valence-corrected chi connectivity index (χ3v) is 6.10. The number of halogens is 1. The zero-order valence-corrected chi connectivity index (χ0v) is 16.3. The standard InChI is InChI=1S/C23H21FN2O3/c1-23(2)18-6-3-12(7-13(18)10-25-23)15-9-20-16(8-19(15)24)21(27)17(22(28)29)11-26(20)14-4-5-14/h3,6-9,11,14,25H,4-5,10H2,1-2H3,(H,28,29). The molecule has 6 heteroatoms. The van der Waals surface area contributed by atoms with Gasteiger partial charge in [-0.25, -0.2) is 9.18 Å². The van der Waals surface area contributed by atoms with Gasteiger partial charge in [-0.15, -0.1) is 0 Å². The number of nitrogens with one attached hydrogen (secondary N) is 1. The van der Waals surface area contributed by atoms with Gasteiger partial charge in [0.05, 0.1) is 5.52 Å². The molecule has 5 nitrogen and oxygen atoms in total. The molecule has 1 saturated carbocycles. The molecule has 2 aromatic carbocycles. The first-order valence-electron chi connectivity index (χ1n) is 9.77. The smallest absolute Gasteiger partial charge is 0.341 e. The van der Waals surface area contributed by atoms with Gasteiger partial charge >= 0.3 is 5.97 Å². The molecule has 2 N–H and O–H groups in total. The monoisotopic (exact) mass is 392 g/mol. The van der Waals surface area contributed by atoms with E-state index < -0.39 is 17.2 Å². The van der Waals surface area contributed by atoms with Crippen molar-refractivity contribution in [1.29, 1.82) is 0 Å². The van der Waals surface area contributed by atoms with E-state index in [9.17, 15) is 14.7 Å². The number of carboxylic acids is 1. The van der Waals surface area contributed by atoms with Gasteiger partial charge in [0.2, 0.25) is 5.43 Å². The van der Waals surface area contributed by atoms with Crippen molar-refractivity contribution in [3.8, 4) is 11.1 Å². The van der Waals surface area contributed by atoms with Crippen LogP contribution >= 0.6 is 0 Å². The molecule has 1 aliphatic carbocycles. The van der Waals surface area contributed by atoms with Crippen LogP contribution in [0.2, 0.25) is 0 Å². The largest absolute Gasteiger partial charge is 0.477 e. The number of aromatic carboxylic acids is 1. The molecule has 0 bridgehead atoms. The SMILES string of the molecule is CC1(C)NCc2cc(-c3cc4c(cc3F)c(=O)c(C(=O)O)cn4C3CC3)ccc21. The summed E-state index contributed by atoms with van der Waals surface area (Å²) in [5.41, 5.74) is 3.00. The van der Waals surface area contributed by atoms with E-state index >= 15 is 4.39 Å². The lowest BCUT2D eigenvalue weighted by atomic mass is 9.91. The highest BCUT2D eigenvalue weighted by atomic mass is 19.1. The molecule has 0 radical (unpaired) electrons. The van der Waals surface area contributed by atoms with Crippen molar-refractivity contribution in [2.24, 2.45) is 0 Å². The van der Waals surface area contributed by atoms with E-state index in [0.717, 1.165) is 30.5 Å². The van der Waals surface area contributed by atoms with Gasteiger partial charge in [0.25, 0.3) is 0 Å². The lowest BCUT2D eigenvalue weighted by Crippen LogP contribution is -2.28. The Balaban J connectivity index is 1.74. The van der Waals surface area contributed by atoms with Crippen molar-refractivity contribution in [3.05, 3.63) is 69.3 Å². The van der Waals surface area contributed by atoms with Gasteiger partial charge in [0.15, 0.2) is 0 Å². The Kier molecular flexibility index (Phi) is 3.74. The molecule has 3 aromatic rings. The number of pyridine rings is 1. The van der Waals surface area contributed by atoms with E-state index in [-0.39, 0.29) is 22.5 Å². The minimum atomic E-state index is -1.29. The van der Waals surface area contributed by atoms with Crippen molar-refractivity contribution in [2.45, 2.75) is 44.8 Å². The van der Waals surface area contributed by atoms with Crippen molar-refractivity contribution in [1.82, 2.24) is 9.88 Å². The van der Waals surface area contributed by atoms with Gasteiger partial charge < -0.3 is 15.0 Å². The topological polar surface area (TPSA) is 71.3 Å². The van der Waals surface area contributed by atoms with Crippen LogP contribution in [0, 0.1) is 5.82 Å². The molecule has 1 aliphatic heterocycles. The first-order chi connectivity index (χ1) is 13.8. The van der Waals surface area contributed by atoms with E-state index in [1.54, 1.807) is 6.07 Å². The Morgan fingerprint density at radius 1 is 1.24 bits per heavy atom. The minimum absolute atomic E-state index is 0.113. The zero-order chi connectivity index (χ0) is 20.5. The van der Waals surface area contributed by atoms with Crippen LogP contribution in [0.3, 0.4) is 0 Å². The third-order valence-electron chi connectivity index (χ3n) is 6.10. The van der Waals surface area contributed by atoms with Crippen LogP contribution in [0.25, 0.3) is 22.0 Å². The Morgan fingerprint density at radius 2 is 2.00 bits per heavy atom. The molecule has 148 valence electrons. The molecule has 2 aliphatic rings. The number of aromatic nitrogens is 1. The predicted molar refractivity (Wildman–Crippen MR) is 109 cm³/mol. The van der Waals surface area contributed by atoms with E-state index in [1.165, 1.54) is 17.8 Å². The summed E-state index contributed by atoms with van der Waals surface area (Å²) in [4.78, 5) is 24.1. The summed E-state index contributed by atoms with van der Waals surface area (Å²) in [5.74, 6) is -1.81. The highest BCUT2D eigenvalue weighted by Gasteiger charge is 2.30. The lowest BCUT2D eigenvalue weighted by Gasteiger charge is -2.19. The number of hydrogen-bond acceptors (Lipinski definition) is 3. The summed E-state index contributed by atoms with van der Waals surface area (Å²) in [6, 6.07) is 8.95. The van der Waals surface area contributed by atoms with Crippen LogP contribution in [0.4, 0.5) is 4.39 Å². The number of carboxylic acid groups (broad SMARTS) is 1. The maximum atomic E-state index is 15.1. The molecule has 1 fully saturated rings. The first kappa shape index (κ1) is 18.1. The van der Waals surface area contributed by atoms with Gasteiger partial charge in [0.1, 0.15) is 11.4 Å². The summed E-state index contributed by atoms with van der Waals surface area (Å²) < 4.78 is 16.9.